The fourth-order valence-corrected chi connectivity index (χ4v) is 2.09. The van der Waals surface area contributed by atoms with E-state index in [2.05, 4.69) is 11.4 Å². The summed E-state index contributed by atoms with van der Waals surface area (Å²) in [6.45, 7) is 0. The maximum absolute atomic E-state index is 5.45. The van der Waals surface area contributed by atoms with E-state index in [0.29, 0.717) is 0 Å². The lowest BCUT2D eigenvalue weighted by atomic mass is 10.2. The normalized spacial score (nSPS) is 10.5. The van der Waals surface area contributed by atoms with Crippen molar-refractivity contribution in [2.75, 3.05) is 14.2 Å². The lowest BCUT2D eigenvalue weighted by Gasteiger charge is -2.10. The first-order valence-electron chi connectivity index (χ1n) is 4.53. The van der Waals surface area contributed by atoms with Crippen LogP contribution in [0.4, 0.5) is 0 Å². The van der Waals surface area contributed by atoms with E-state index in [1.807, 2.05) is 18.2 Å². The van der Waals surface area contributed by atoms with Crippen molar-refractivity contribution in [1.82, 2.24) is 0 Å². The predicted molar refractivity (Wildman–Crippen MR) is 62.2 cm³/mol. The summed E-state index contributed by atoms with van der Waals surface area (Å²) in [6, 6.07) is 7.96. The summed E-state index contributed by atoms with van der Waals surface area (Å²) in [4.78, 5) is 0. The van der Waals surface area contributed by atoms with Crippen molar-refractivity contribution < 1.29 is 14.0 Å². The highest BCUT2D eigenvalue weighted by Gasteiger charge is 2.19. The van der Waals surface area contributed by atoms with Crippen molar-refractivity contribution >= 4 is 28.7 Å². The van der Waals surface area contributed by atoms with Crippen LogP contribution in [0.3, 0.4) is 0 Å². The highest BCUT2D eigenvalue weighted by molar-refractivity contribution is 7.17. The van der Waals surface area contributed by atoms with Gasteiger partial charge in [0.15, 0.2) is 0 Å². The van der Waals surface area contributed by atoms with Crippen LogP contribution >= 0.6 is 11.3 Å². The molecule has 5 heteroatoms. The number of fused-ring (bicyclic) bond motifs is 1. The van der Waals surface area contributed by atoms with Gasteiger partial charge in [0.05, 0.1) is 0 Å². The molecule has 0 N–H and O–H groups in total. The first-order valence-corrected chi connectivity index (χ1v) is 5.41. The molecular weight excluding hydrogens is 211 g/mol. The quantitative estimate of drug-likeness (QED) is 0.744. The van der Waals surface area contributed by atoms with Crippen LogP contribution in [0.5, 0.6) is 5.75 Å². The van der Waals surface area contributed by atoms with Crippen LogP contribution in [0.2, 0.25) is 0 Å². The van der Waals surface area contributed by atoms with Gasteiger partial charge in [0.25, 0.3) is 0 Å². The Labute approximate surface area is 92.8 Å². The molecule has 0 aliphatic rings. The Morgan fingerprint density at radius 3 is 2.67 bits per heavy atom. The zero-order valence-corrected chi connectivity index (χ0v) is 9.41. The van der Waals surface area contributed by atoms with Gasteiger partial charge < -0.3 is 14.0 Å². The average Bonchev–Trinajstić information content (AvgIpc) is 2.73. The van der Waals surface area contributed by atoms with Crippen molar-refractivity contribution in [3.05, 3.63) is 29.6 Å². The molecule has 0 radical (unpaired) electrons. The third-order valence-corrected chi connectivity index (χ3v) is 2.94. The largest absolute Gasteiger partial charge is 0.712 e. The molecule has 78 valence electrons. The number of hydrogen-bond acceptors (Lipinski definition) is 4. The maximum atomic E-state index is 5.45. The minimum atomic E-state index is -0.652. The number of thiophene rings is 1. The molecule has 0 saturated carbocycles. The Balaban J connectivity index is 2.20. The topological polar surface area (TPSA) is 27.7 Å². The van der Waals surface area contributed by atoms with E-state index in [1.165, 1.54) is 24.3 Å². The molecule has 1 heterocycles. The molecular formula is C10H11BO3S. The van der Waals surface area contributed by atoms with Crippen LogP contribution in [-0.2, 0) is 9.31 Å². The van der Waals surface area contributed by atoms with Gasteiger partial charge >= 0.3 is 7.32 Å². The van der Waals surface area contributed by atoms with Gasteiger partial charge in [-0.25, -0.2) is 0 Å². The van der Waals surface area contributed by atoms with Gasteiger partial charge in [-0.15, -0.1) is 11.3 Å². The highest BCUT2D eigenvalue weighted by Crippen LogP contribution is 2.25. The molecule has 0 saturated heterocycles. The molecule has 0 amide bonds. The van der Waals surface area contributed by atoms with Gasteiger partial charge in [0, 0.05) is 18.9 Å². The summed E-state index contributed by atoms with van der Waals surface area (Å²) in [5, 5.41) is 3.22. The molecule has 3 nitrogen and oxygen atoms in total. The van der Waals surface area contributed by atoms with Crippen LogP contribution in [0.1, 0.15) is 0 Å². The van der Waals surface area contributed by atoms with Gasteiger partial charge in [-0.3, -0.25) is 0 Å². The van der Waals surface area contributed by atoms with E-state index in [1.54, 1.807) is 11.3 Å². The minimum Gasteiger partial charge on any atom is -0.512 e. The highest BCUT2D eigenvalue weighted by atomic mass is 32.1. The Bertz CT molecular complexity index is 439. The van der Waals surface area contributed by atoms with E-state index >= 15 is 0 Å². The summed E-state index contributed by atoms with van der Waals surface area (Å²) in [5.74, 6) is 0.745. The van der Waals surface area contributed by atoms with Crippen LogP contribution < -0.4 is 4.65 Å². The van der Waals surface area contributed by atoms with Gasteiger partial charge in [-0.05, 0) is 35.0 Å². The number of hydrogen-bond donors (Lipinski definition) is 0. The molecule has 0 aliphatic heterocycles. The van der Waals surface area contributed by atoms with E-state index in [-0.39, 0.29) is 0 Å². The molecule has 15 heavy (non-hydrogen) atoms. The lowest BCUT2D eigenvalue weighted by molar-refractivity contribution is 0.201. The zero-order valence-electron chi connectivity index (χ0n) is 8.60. The third kappa shape index (κ3) is 2.31. The van der Waals surface area contributed by atoms with Gasteiger partial charge in [0.1, 0.15) is 5.75 Å². The first-order chi connectivity index (χ1) is 7.33. The molecule has 0 aliphatic carbocycles. The smallest absolute Gasteiger partial charge is 0.512 e. The van der Waals surface area contributed by atoms with Crippen LogP contribution in [0.15, 0.2) is 29.6 Å². The monoisotopic (exact) mass is 222 g/mol. The van der Waals surface area contributed by atoms with E-state index in [4.69, 9.17) is 14.0 Å². The maximum Gasteiger partial charge on any atom is 0.712 e. The molecule has 2 aromatic rings. The van der Waals surface area contributed by atoms with Crippen molar-refractivity contribution in [3.8, 4) is 5.75 Å². The summed E-state index contributed by atoms with van der Waals surface area (Å²) in [6.07, 6.45) is 0. The molecule has 0 bridgehead atoms. The molecule has 2 rings (SSSR count). The first kappa shape index (κ1) is 10.5. The second-order valence-electron chi connectivity index (χ2n) is 3.00. The Hall–Kier alpha value is -1.04. The summed E-state index contributed by atoms with van der Waals surface area (Å²) in [7, 11) is 2.43. The standard InChI is InChI=1S/C10H11BO3S/c1-12-11(13-2)14-9-3-4-10-8(7-9)5-6-15-10/h3-7H,1-2H3. The van der Waals surface area contributed by atoms with Gasteiger partial charge in [0.2, 0.25) is 0 Å². The molecule has 1 aromatic heterocycles. The molecule has 0 unspecified atom stereocenters. The fourth-order valence-electron chi connectivity index (χ4n) is 1.32. The summed E-state index contributed by atoms with van der Waals surface area (Å²) in [5.41, 5.74) is 0. The Morgan fingerprint density at radius 2 is 1.93 bits per heavy atom. The van der Waals surface area contributed by atoms with Crippen LogP contribution in [0.25, 0.3) is 10.1 Å². The lowest BCUT2D eigenvalue weighted by Crippen LogP contribution is -2.27. The SMILES string of the molecule is COB(OC)Oc1ccc2sccc2c1. The molecule has 1 aromatic carbocycles. The van der Waals surface area contributed by atoms with E-state index < -0.39 is 7.32 Å². The van der Waals surface area contributed by atoms with Crippen molar-refractivity contribution in [2.45, 2.75) is 0 Å². The van der Waals surface area contributed by atoms with Crippen molar-refractivity contribution in [3.63, 3.8) is 0 Å². The number of benzene rings is 1. The minimum absolute atomic E-state index is 0.652. The fraction of sp³-hybridized carbons (Fsp3) is 0.200. The molecule has 0 spiro atoms. The number of rotatable bonds is 4. The Morgan fingerprint density at radius 1 is 1.13 bits per heavy atom. The molecule has 0 fully saturated rings. The van der Waals surface area contributed by atoms with Crippen molar-refractivity contribution in [2.24, 2.45) is 0 Å². The van der Waals surface area contributed by atoms with Crippen LogP contribution in [0, 0.1) is 0 Å². The van der Waals surface area contributed by atoms with Crippen LogP contribution in [-0.4, -0.2) is 21.5 Å². The zero-order chi connectivity index (χ0) is 10.7. The van der Waals surface area contributed by atoms with Gasteiger partial charge in [-0.2, -0.15) is 0 Å². The average molecular weight is 222 g/mol. The second-order valence-corrected chi connectivity index (χ2v) is 3.95. The summed E-state index contributed by atoms with van der Waals surface area (Å²) >= 11 is 1.71. The van der Waals surface area contributed by atoms with Crippen molar-refractivity contribution in [1.29, 1.82) is 0 Å². The second kappa shape index (κ2) is 4.66. The van der Waals surface area contributed by atoms with E-state index in [9.17, 15) is 0 Å². The predicted octanol–water partition coefficient (Wildman–Crippen LogP) is 2.56. The summed E-state index contributed by atoms with van der Waals surface area (Å²) < 4.78 is 16.6. The van der Waals surface area contributed by atoms with E-state index in [0.717, 1.165) is 5.75 Å². The third-order valence-electron chi connectivity index (χ3n) is 2.04. The Kier molecular flexibility index (Phi) is 3.25. The molecule has 0 atom stereocenters. The van der Waals surface area contributed by atoms with Gasteiger partial charge in [-0.1, -0.05) is 0 Å².